The Morgan fingerprint density at radius 1 is 1.40 bits per heavy atom. The predicted octanol–water partition coefficient (Wildman–Crippen LogP) is 2.91. The van der Waals surface area contributed by atoms with Crippen molar-refractivity contribution in [3.63, 3.8) is 0 Å². The fourth-order valence-corrected chi connectivity index (χ4v) is 2.04. The first kappa shape index (κ1) is 14.3. The highest BCUT2D eigenvalue weighted by Crippen LogP contribution is 2.27. The van der Waals surface area contributed by atoms with Gasteiger partial charge in [0.2, 0.25) is 0 Å². The van der Waals surface area contributed by atoms with Gasteiger partial charge in [-0.15, -0.1) is 0 Å². The lowest BCUT2D eigenvalue weighted by Crippen LogP contribution is -2.08. The molecule has 0 aliphatic carbocycles. The van der Waals surface area contributed by atoms with E-state index in [0.29, 0.717) is 23.9 Å². The summed E-state index contributed by atoms with van der Waals surface area (Å²) in [5.74, 6) is 0.738. The van der Waals surface area contributed by atoms with Crippen molar-refractivity contribution in [2.75, 3.05) is 7.05 Å². The van der Waals surface area contributed by atoms with Crippen molar-refractivity contribution in [2.24, 2.45) is 0 Å². The molecule has 0 radical (unpaired) electrons. The molecule has 2 rings (SSSR count). The highest BCUT2D eigenvalue weighted by atomic mass is 35.5. The third kappa shape index (κ3) is 3.47. The monoisotopic (exact) mass is 287 g/mol. The Kier molecular flexibility index (Phi) is 4.94. The van der Waals surface area contributed by atoms with Gasteiger partial charge in [0.15, 0.2) is 0 Å². The molecule has 0 saturated carbocycles. The number of rotatable bonds is 5. The van der Waals surface area contributed by atoms with E-state index in [0.717, 1.165) is 16.9 Å². The average Bonchev–Trinajstić information content (AvgIpc) is 2.48. The van der Waals surface area contributed by atoms with Gasteiger partial charge in [-0.25, -0.2) is 4.98 Å². The Labute approximate surface area is 123 Å². The van der Waals surface area contributed by atoms with Gasteiger partial charge in [-0.2, -0.15) is 5.26 Å². The number of pyridine rings is 1. The van der Waals surface area contributed by atoms with Crippen molar-refractivity contribution < 1.29 is 4.74 Å². The second-order valence-electron chi connectivity index (χ2n) is 4.20. The standard InChI is InChI=1S/C15H14ClN3O/c1-18-9-13-14(16)3-2-4-15(13)20-10-11-5-6-19-12(7-11)8-17/h2-7,18H,9-10H2,1H3. The SMILES string of the molecule is CNCc1c(Cl)cccc1OCc1ccnc(C#N)c1. The molecule has 0 bridgehead atoms. The Morgan fingerprint density at radius 2 is 2.25 bits per heavy atom. The molecule has 1 aromatic heterocycles. The molecule has 0 unspecified atom stereocenters. The second kappa shape index (κ2) is 6.90. The number of hydrogen-bond donors (Lipinski definition) is 1. The number of nitrogens with zero attached hydrogens (tertiary/aromatic N) is 2. The smallest absolute Gasteiger partial charge is 0.140 e. The fraction of sp³-hybridized carbons (Fsp3) is 0.200. The molecule has 1 heterocycles. The summed E-state index contributed by atoms with van der Waals surface area (Å²) in [6.07, 6.45) is 1.60. The second-order valence-corrected chi connectivity index (χ2v) is 4.60. The summed E-state index contributed by atoms with van der Waals surface area (Å²) in [5, 5.41) is 12.6. The minimum absolute atomic E-state index is 0.369. The normalized spacial score (nSPS) is 10.1. The molecular weight excluding hydrogens is 274 g/mol. The van der Waals surface area contributed by atoms with Crippen LogP contribution in [0.15, 0.2) is 36.5 Å². The molecule has 0 aliphatic heterocycles. The number of nitriles is 1. The Hall–Kier alpha value is -2.09. The van der Waals surface area contributed by atoms with Crippen molar-refractivity contribution in [2.45, 2.75) is 13.2 Å². The Morgan fingerprint density at radius 3 is 3.00 bits per heavy atom. The van der Waals surface area contributed by atoms with Crippen LogP contribution in [0.1, 0.15) is 16.8 Å². The quantitative estimate of drug-likeness (QED) is 0.918. The number of benzene rings is 1. The van der Waals surface area contributed by atoms with Gasteiger partial charge in [-0.1, -0.05) is 17.7 Å². The third-order valence-electron chi connectivity index (χ3n) is 2.76. The van der Waals surface area contributed by atoms with E-state index in [1.54, 1.807) is 12.3 Å². The highest BCUT2D eigenvalue weighted by molar-refractivity contribution is 6.31. The van der Waals surface area contributed by atoms with Crippen molar-refractivity contribution in [3.05, 3.63) is 58.4 Å². The molecular formula is C15H14ClN3O. The molecule has 0 atom stereocenters. The van der Waals surface area contributed by atoms with Crippen LogP contribution < -0.4 is 10.1 Å². The molecule has 0 saturated heterocycles. The molecule has 4 nitrogen and oxygen atoms in total. The fourth-order valence-electron chi connectivity index (χ4n) is 1.81. The van der Waals surface area contributed by atoms with Crippen LogP contribution in [0.4, 0.5) is 0 Å². The first-order valence-corrected chi connectivity index (χ1v) is 6.52. The van der Waals surface area contributed by atoms with E-state index in [4.69, 9.17) is 21.6 Å². The largest absolute Gasteiger partial charge is 0.489 e. The molecule has 0 fully saturated rings. The van der Waals surface area contributed by atoms with Gasteiger partial charge in [-0.05, 0) is 36.9 Å². The lowest BCUT2D eigenvalue weighted by Gasteiger charge is -2.12. The maximum atomic E-state index is 8.82. The van der Waals surface area contributed by atoms with E-state index < -0.39 is 0 Å². The van der Waals surface area contributed by atoms with Crippen LogP contribution in [0.25, 0.3) is 0 Å². The molecule has 0 amide bonds. The molecule has 20 heavy (non-hydrogen) atoms. The van der Waals surface area contributed by atoms with Crippen LogP contribution in [0, 0.1) is 11.3 Å². The summed E-state index contributed by atoms with van der Waals surface area (Å²) in [6, 6.07) is 11.1. The van der Waals surface area contributed by atoms with Crippen molar-refractivity contribution in [1.82, 2.24) is 10.3 Å². The lowest BCUT2D eigenvalue weighted by molar-refractivity contribution is 0.302. The number of nitrogens with one attached hydrogen (secondary N) is 1. The van der Waals surface area contributed by atoms with Gasteiger partial charge in [0.25, 0.3) is 0 Å². The summed E-state index contributed by atoms with van der Waals surface area (Å²) in [4.78, 5) is 3.93. The zero-order valence-corrected chi connectivity index (χ0v) is 11.8. The van der Waals surface area contributed by atoms with Crippen LogP contribution in [0.2, 0.25) is 5.02 Å². The van der Waals surface area contributed by atoms with Crippen molar-refractivity contribution in [1.29, 1.82) is 5.26 Å². The summed E-state index contributed by atoms with van der Waals surface area (Å²) < 4.78 is 5.79. The Bertz CT molecular complexity index is 637. The van der Waals surface area contributed by atoms with Gasteiger partial charge in [-0.3, -0.25) is 0 Å². The minimum atomic E-state index is 0.369. The van der Waals surface area contributed by atoms with E-state index in [1.165, 1.54) is 0 Å². The van der Waals surface area contributed by atoms with Crippen LogP contribution in [-0.2, 0) is 13.2 Å². The lowest BCUT2D eigenvalue weighted by atomic mass is 10.2. The topological polar surface area (TPSA) is 57.9 Å². The van der Waals surface area contributed by atoms with E-state index >= 15 is 0 Å². The van der Waals surface area contributed by atoms with Crippen LogP contribution >= 0.6 is 11.6 Å². The number of halogens is 1. The maximum absolute atomic E-state index is 8.82. The van der Waals surface area contributed by atoms with Gasteiger partial charge in [0.05, 0.1) is 0 Å². The number of hydrogen-bond acceptors (Lipinski definition) is 4. The van der Waals surface area contributed by atoms with Crippen molar-refractivity contribution >= 4 is 11.6 Å². The van der Waals surface area contributed by atoms with Crippen LogP contribution in [0.3, 0.4) is 0 Å². The summed E-state index contributed by atoms with van der Waals surface area (Å²) in [5.41, 5.74) is 2.20. The first-order valence-electron chi connectivity index (χ1n) is 6.14. The van der Waals surface area contributed by atoms with E-state index in [9.17, 15) is 0 Å². The van der Waals surface area contributed by atoms with Gasteiger partial charge < -0.3 is 10.1 Å². The first-order chi connectivity index (χ1) is 9.74. The zero-order valence-electron chi connectivity index (χ0n) is 11.1. The summed E-state index contributed by atoms with van der Waals surface area (Å²) >= 11 is 6.16. The third-order valence-corrected chi connectivity index (χ3v) is 3.12. The molecule has 0 aliphatic rings. The Balaban J connectivity index is 2.14. The molecule has 1 N–H and O–H groups in total. The van der Waals surface area contributed by atoms with E-state index in [2.05, 4.69) is 10.3 Å². The molecule has 102 valence electrons. The van der Waals surface area contributed by atoms with Crippen LogP contribution in [0.5, 0.6) is 5.75 Å². The molecule has 1 aromatic carbocycles. The predicted molar refractivity (Wildman–Crippen MR) is 77.5 cm³/mol. The summed E-state index contributed by atoms with van der Waals surface area (Å²) in [6.45, 7) is 1.00. The average molecular weight is 288 g/mol. The van der Waals surface area contributed by atoms with Gasteiger partial charge in [0, 0.05) is 23.3 Å². The molecule has 2 aromatic rings. The molecule has 5 heteroatoms. The van der Waals surface area contributed by atoms with E-state index in [1.807, 2.05) is 37.4 Å². The van der Waals surface area contributed by atoms with Crippen molar-refractivity contribution in [3.8, 4) is 11.8 Å². The maximum Gasteiger partial charge on any atom is 0.140 e. The number of aromatic nitrogens is 1. The number of ether oxygens (including phenoxy) is 1. The van der Waals surface area contributed by atoms with Gasteiger partial charge >= 0.3 is 0 Å². The van der Waals surface area contributed by atoms with Gasteiger partial charge in [0.1, 0.15) is 24.1 Å². The van der Waals surface area contributed by atoms with E-state index in [-0.39, 0.29) is 0 Å². The van der Waals surface area contributed by atoms with Crippen LogP contribution in [-0.4, -0.2) is 12.0 Å². The highest BCUT2D eigenvalue weighted by Gasteiger charge is 2.07. The minimum Gasteiger partial charge on any atom is -0.489 e. The summed E-state index contributed by atoms with van der Waals surface area (Å²) in [7, 11) is 1.86. The molecule has 0 spiro atoms. The zero-order chi connectivity index (χ0) is 14.4.